The Bertz CT molecular complexity index is 519. The fourth-order valence-corrected chi connectivity index (χ4v) is 2.02. The van der Waals surface area contributed by atoms with Crippen molar-refractivity contribution in [3.63, 3.8) is 0 Å². The molecule has 1 saturated carbocycles. The lowest BCUT2D eigenvalue weighted by Gasteiger charge is -2.12. The molecule has 0 amide bonds. The van der Waals surface area contributed by atoms with Gasteiger partial charge in [0.15, 0.2) is 0 Å². The van der Waals surface area contributed by atoms with Crippen LogP contribution in [0.3, 0.4) is 0 Å². The van der Waals surface area contributed by atoms with Crippen molar-refractivity contribution in [1.82, 2.24) is 0 Å². The molecule has 20 heavy (non-hydrogen) atoms. The average Bonchev–Trinajstić information content (AvgIpc) is 3.18. The van der Waals surface area contributed by atoms with Gasteiger partial charge in [-0.1, -0.05) is 12.1 Å². The second kappa shape index (κ2) is 5.56. The first-order valence-corrected chi connectivity index (χ1v) is 5.99. The van der Waals surface area contributed by atoms with Crippen molar-refractivity contribution in [2.24, 2.45) is 0 Å². The van der Waals surface area contributed by atoms with Crippen molar-refractivity contribution in [2.75, 3.05) is 7.11 Å². The molecule has 0 bridgehead atoms. The SMILES string of the molecule is COC(=O)C(F)=CC1(c2ccc(OC(F)F)cc2)CC1. The number of esters is 1. The van der Waals surface area contributed by atoms with Gasteiger partial charge in [0, 0.05) is 5.41 Å². The molecule has 1 aromatic carbocycles. The van der Waals surface area contributed by atoms with Gasteiger partial charge in [0.1, 0.15) is 5.75 Å². The fraction of sp³-hybridized carbons (Fsp3) is 0.357. The Kier molecular flexibility index (Phi) is 4.01. The fourth-order valence-electron chi connectivity index (χ4n) is 2.02. The highest BCUT2D eigenvalue weighted by molar-refractivity contribution is 5.86. The maximum Gasteiger partial charge on any atom is 0.387 e. The zero-order chi connectivity index (χ0) is 14.8. The molecule has 0 saturated heterocycles. The van der Waals surface area contributed by atoms with Crippen molar-refractivity contribution in [3.05, 3.63) is 41.7 Å². The number of allylic oxidation sites excluding steroid dienone is 1. The van der Waals surface area contributed by atoms with Gasteiger partial charge >= 0.3 is 12.6 Å². The zero-order valence-corrected chi connectivity index (χ0v) is 10.7. The predicted octanol–water partition coefficient (Wildman–Crippen LogP) is 3.35. The van der Waals surface area contributed by atoms with Crippen molar-refractivity contribution >= 4 is 5.97 Å². The molecule has 6 heteroatoms. The van der Waals surface area contributed by atoms with Crippen LogP contribution in [0, 0.1) is 0 Å². The van der Waals surface area contributed by atoms with Crippen molar-refractivity contribution in [2.45, 2.75) is 24.9 Å². The maximum absolute atomic E-state index is 13.5. The second-order valence-electron chi connectivity index (χ2n) is 4.54. The van der Waals surface area contributed by atoms with Gasteiger partial charge in [-0.3, -0.25) is 0 Å². The van der Waals surface area contributed by atoms with Crippen LogP contribution >= 0.6 is 0 Å². The van der Waals surface area contributed by atoms with Crippen molar-refractivity contribution in [1.29, 1.82) is 0 Å². The quantitative estimate of drug-likeness (QED) is 0.615. The van der Waals surface area contributed by atoms with E-state index in [0.717, 1.165) is 12.7 Å². The summed E-state index contributed by atoms with van der Waals surface area (Å²) in [7, 11) is 1.10. The number of carbonyl (C=O) groups is 1. The average molecular weight is 286 g/mol. The molecule has 2 rings (SSSR count). The number of halogens is 3. The van der Waals surface area contributed by atoms with E-state index < -0.39 is 23.8 Å². The largest absolute Gasteiger partial charge is 0.464 e. The van der Waals surface area contributed by atoms with Gasteiger partial charge in [0.2, 0.25) is 5.83 Å². The summed E-state index contributed by atoms with van der Waals surface area (Å²) in [4.78, 5) is 11.1. The van der Waals surface area contributed by atoms with Gasteiger partial charge in [-0.05, 0) is 36.6 Å². The van der Waals surface area contributed by atoms with Crippen LogP contribution in [-0.4, -0.2) is 19.7 Å². The van der Waals surface area contributed by atoms with E-state index in [0.29, 0.717) is 12.8 Å². The Morgan fingerprint density at radius 2 is 1.90 bits per heavy atom. The van der Waals surface area contributed by atoms with Gasteiger partial charge < -0.3 is 9.47 Å². The predicted molar refractivity (Wildman–Crippen MR) is 65.2 cm³/mol. The summed E-state index contributed by atoms with van der Waals surface area (Å²) in [5.41, 5.74) is 0.194. The minimum atomic E-state index is -2.88. The van der Waals surface area contributed by atoms with Gasteiger partial charge in [0.25, 0.3) is 0 Å². The smallest absolute Gasteiger partial charge is 0.387 e. The molecule has 0 heterocycles. The highest BCUT2D eigenvalue weighted by Gasteiger charge is 2.43. The molecule has 108 valence electrons. The summed E-state index contributed by atoms with van der Waals surface area (Å²) < 4.78 is 46.1. The number of carbonyl (C=O) groups excluding carboxylic acids is 1. The monoisotopic (exact) mass is 286 g/mol. The molecular weight excluding hydrogens is 273 g/mol. The minimum Gasteiger partial charge on any atom is -0.464 e. The summed E-state index contributed by atoms with van der Waals surface area (Å²) in [5.74, 6) is -1.93. The standard InChI is InChI=1S/C14H13F3O3/c1-19-12(18)11(15)8-14(6-7-14)9-2-4-10(5-3-9)20-13(16)17/h2-5,8,13H,6-7H2,1H3. The second-order valence-corrected chi connectivity index (χ2v) is 4.54. The lowest BCUT2D eigenvalue weighted by atomic mass is 9.95. The minimum absolute atomic E-state index is 0.0389. The van der Waals surface area contributed by atoms with Crippen molar-refractivity contribution < 1.29 is 27.4 Å². The van der Waals surface area contributed by atoms with Gasteiger partial charge in [-0.15, -0.1) is 0 Å². The van der Waals surface area contributed by atoms with E-state index in [4.69, 9.17) is 0 Å². The van der Waals surface area contributed by atoms with E-state index in [-0.39, 0.29) is 5.75 Å². The molecule has 0 aromatic heterocycles. The normalized spacial score (nSPS) is 16.9. The van der Waals surface area contributed by atoms with Crippen LogP contribution in [0.5, 0.6) is 5.75 Å². The molecule has 1 aliphatic rings. The number of ether oxygens (including phenoxy) is 2. The van der Waals surface area contributed by atoms with Crippen LogP contribution in [0.25, 0.3) is 0 Å². The van der Waals surface area contributed by atoms with E-state index in [9.17, 15) is 18.0 Å². The summed E-state index contributed by atoms with van der Waals surface area (Å²) in [6.45, 7) is -2.88. The topological polar surface area (TPSA) is 35.5 Å². The molecule has 3 nitrogen and oxygen atoms in total. The van der Waals surface area contributed by atoms with Crippen LogP contribution in [0.4, 0.5) is 13.2 Å². The van der Waals surface area contributed by atoms with E-state index in [1.54, 1.807) is 12.1 Å². The highest BCUT2D eigenvalue weighted by atomic mass is 19.3. The molecule has 0 atom stereocenters. The molecule has 0 N–H and O–H groups in total. The number of benzene rings is 1. The van der Waals surface area contributed by atoms with E-state index in [1.807, 2.05) is 0 Å². The first-order valence-electron chi connectivity index (χ1n) is 5.99. The van der Waals surface area contributed by atoms with Crippen LogP contribution in [0.2, 0.25) is 0 Å². The lowest BCUT2D eigenvalue weighted by molar-refractivity contribution is -0.137. The summed E-state index contributed by atoms with van der Waals surface area (Å²) in [6, 6.07) is 5.97. The molecule has 0 spiro atoms. The summed E-state index contributed by atoms with van der Waals surface area (Å²) in [6.07, 6.45) is 2.60. The van der Waals surface area contributed by atoms with E-state index in [1.165, 1.54) is 18.2 Å². The van der Waals surface area contributed by atoms with Crippen LogP contribution < -0.4 is 4.74 Å². The zero-order valence-electron chi connectivity index (χ0n) is 10.7. The molecule has 1 fully saturated rings. The summed E-state index contributed by atoms with van der Waals surface area (Å²) in [5, 5.41) is 0. The lowest BCUT2D eigenvalue weighted by Crippen LogP contribution is -2.08. The Morgan fingerprint density at radius 1 is 1.30 bits per heavy atom. The van der Waals surface area contributed by atoms with Crippen LogP contribution in [0.15, 0.2) is 36.2 Å². The van der Waals surface area contributed by atoms with E-state index >= 15 is 0 Å². The Hall–Kier alpha value is -1.98. The maximum atomic E-state index is 13.5. The Morgan fingerprint density at radius 3 is 2.35 bits per heavy atom. The third-order valence-corrected chi connectivity index (χ3v) is 3.23. The molecule has 1 aromatic rings. The number of rotatable bonds is 5. The molecule has 0 radical (unpaired) electrons. The Balaban J connectivity index is 2.17. The first kappa shape index (κ1) is 14.4. The summed E-state index contributed by atoms with van der Waals surface area (Å²) >= 11 is 0. The molecular formula is C14H13F3O3. The highest BCUT2D eigenvalue weighted by Crippen LogP contribution is 2.50. The third kappa shape index (κ3) is 3.12. The van der Waals surface area contributed by atoms with Crippen LogP contribution in [0.1, 0.15) is 18.4 Å². The number of hydrogen-bond donors (Lipinski definition) is 0. The number of alkyl halides is 2. The Labute approximate surface area is 114 Å². The number of hydrogen-bond acceptors (Lipinski definition) is 3. The van der Waals surface area contributed by atoms with Crippen LogP contribution in [-0.2, 0) is 14.9 Å². The first-order chi connectivity index (χ1) is 9.47. The molecule has 1 aliphatic carbocycles. The van der Waals surface area contributed by atoms with Crippen molar-refractivity contribution in [3.8, 4) is 5.75 Å². The third-order valence-electron chi connectivity index (χ3n) is 3.23. The van der Waals surface area contributed by atoms with E-state index in [2.05, 4.69) is 9.47 Å². The van der Waals surface area contributed by atoms with Gasteiger partial charge in [-0.25, -0.2) is 4.79 Å². The molecule has 0 aliphatic heterocycles. The number of methoxy groups -OCH3 is 1. The van der Waals surface area contributed by atoms with Gasteiger partial charge in [0.05, 0.1) is 7.11 Å². The molecule has 0 unspecified atom stereocenters. The van der Waals surface area contributed by atoms with Gasteiger partial charge in [-0.2, -0.15) is 13.2 Å².